The fraction of sp³-hybridized carbons (Fsp3) is 0.182. The van der Waals surface area contributed by atoms with E-state index in [9.17, 15) is 14.4 Å². The van der Waals surface area contributed by atoms with Crippen LogP contribution in [-0.4, -0.2) is 35.5 Å². The molecule has 3 aromatic rings. The van der Waals surface area contributed by atoms with Crippen molar-refractivity contribution < 1.29 is 19.1 Å². The average molecular weight is 420 g/mol. The highest BCUT2D eigenvalue weighted by Gasteiger charge is 2.31. The molecule has 2 aromatic carbocycles. The molecule has 2 amide bonds. The van der Waals surface area contributed by atoms with Crippen LogP contribution in [0.15, 0.2) is 53.3 Å². The van der Waals surface area contributed by atoms with Gasteiger partial charge in [0.05, 0.1) is 12.7 Å². The van der Waals surface area contributed by atoms with E-state index in [2.05, 4.69) is 15.3 Å². The Balaban J connectivity index is 1.75. The third kappa shape index (κ3) is 4.11. The van der Waals surface area contributed by atoms with Gasteiger partial charge in [-0.3, -0.25) is 14.4 Å². The number of amides is 2. The third-order valence-corrected chi connectivity index (χ3v) is 4.96. The van der Waals surface area contributed by atoms with Gasteiger partial charge in [0.15, 0.2) is 18.1 Å². The smallest absolute Gasteiger partial charge is 0.257 e. The summed E-state index contributed by atoms with van der Waals surface area (Å²) in [6, 6.07) is 14.2. The van der Waals surface area contributed by atoms with E-state index in [1.54, 1.807) is 18.2 Å². The van der Waals surface area contributed by atoms with Crippen molar-refractivity contribution in [3.8, 4) is 22.9 Å². The number of hydrogen-bond acceptors (Lipinski definition) is 6. The van der Waals surface area contributed by atoms with Gasteiger partial charge in [0, 0.05) is 17.9 Å². The highest BCUT2D eigenvalue weighted by atomic mass is 16.5. The molecule has 0 spiro atoms. The molecule has 0 unspecified atom stereocenters. The first-order chi connectivity index (χ1) is 15.0. The molecule has 0 saturated heterocycles. The first-order valence-electron chi connectivity index (χ1n) is 9.54. The Hall–Kier alpha value is -4.14. The summed E-state index contributed by atoms with van der Waals surface area (Å²) < 4.78 is 10.7. The second kappa shape index (κ2) is 8.31. The van der Waals surface area contributed by atoms with Crippen molar-refractivity contribution in [2.75, 3.05) is 19.0 Å². The number of carbonyl (C=O) groups is 2. The molecule has 1 aliphatic heterocycles. The summed E-state index contributed by atoms with van der Waals surface area (Å²) in [5.41, 5.74) is 6.57. The van der Waals surface area contributed by atoms with Gasteiger partial charge in [-0.1, -0.05) is 36.4 Å². The number of carbonyl (C=O) groups excluding carboxylic acids is 2. The van der Waals surface area contributed by atoms with Crippen molar-refractivity contribution in [2.45, 2.75) is 12.3 Å². The minimum absolute atomic E-state index is 0.0765. The maximum atomic E-state index is 13.0. The molecule has 9 heteroatoms. The van der Waals surface area contributed by atoms with E-state index >= 15 is 0 Å². The Morgan fingerprint density at radius 2 is 1.94 bits per heavy atom. The SMILES string of the molecule is COc1cc([C@H]2CC(=O)Nc3nc(-c4ccccc4)[nH]c(=O)c32)ccc1OCC(N)=O. The molecule has 4 rings (SSSR count). The first kappa shape index (κ1) is 20.1. The van der Waals surface area contributed by atoms with E-state index in [4.69, 9.17) is 15.2 Å². The monoisotopic (exact) mass is 420 g/mol. The van der Waals surface area contributed by atoms with Crippen LogP contribution in [0.1, 0.15) is 23.5 Å². The van der Waals surface area contributed by atoms with Gasteiger partial charge < -0.3 is 25.5 Å². The fourth-order valence-electron chi connectivity index (χ4n) is 3.56. The minimum Gasteiger partial charge on any atom is -0.493 e. The van der Waals surface area contributed by atoms with Gasteiger partial charge in [-0.25, -0.2) is 4.98 Å². The van der Waals surface area contributed by atoms with Crippen LogP contribution in [0.25, 0.3) is 11.4 Å². The van der Waals surface area contributed by atoms with Crippen LogP contribution in [0.3, 0.4) is 0 Å². The minimum atomic E-state index is -0.615. The molecular weight excluding hydrogens is 400 g/mol. The van der Waals surface area contributed by atoms with Crippen molar-refractivity contribution in [3.63, 3.8) is 0 Å². The molecule has 1 atom stereocenters. The van der Waals surface area contributed by atoms with Crippen LogP contribution in [0.4, 0.5) is 5.82 Å². The number of nitrogens with zero attached hydrogens (tertiary/aromatic N) is 1. The molecule has 1 aromatic heterocycles. The molecule has 0 radical (unpaired) electrons. The largest absolute Gasteiger partial charge is 0.493 e. The van der Waals surface area contributed by atoms with E-state index in [1.807, 2.05) is 30.3 Å². The number of aromatic nitrogens is 2. The van der Waals surface area contributed by atoms with Crippen LogP contribution >= 0.6 is 0 Å². The van der Waals surface area contributed by atoms with E-state index < -0.39 is 11.8 Å². The standard InChI is InChI=1S/C22H20N4O5/c1-30-16-9-13(7-8-15(16)31-11-17(23)27)14-10-18(28)24-21-19(14)22(29)26-20(25-21)12-5-3-2-4-6-12/h2-9,14H,10-11H2,1H3,(H2,23,27)(H2,24,25,26,28,29)/t14-/m1/s1. The summed E-state index contributed by atoms with van der Waals surface area (Å²) in [4.78, 5) is 43.7. The number of anilines is 1. The van der Waals surface area contributed by atoms with Crippen molar-refractivity contribution in [2.24, 2.45) is 5.73 Å². The zero-order valence-corrected chi connectivity index (χ0v) is 16.7. The highest BCUT2D eigenvalue weighted by Crippen LogP contribution is 2.38. The zero-order valence-electron chi connectivity index (χ0n) is 16.7. The highest BCUT2D eigenvalue weighted by molar-refractivity contribution is 5.94. The molecule has 0 aliphatic carbocycles. The Bertz CT molecular complexity index is 1210. The Morgan fingerprint density at radius 3 is 2.65 bits per heavy atom. The van der Waals surface area contributed by atoms with E-state index in [-0.39, 0.29) is 30.3 Å². The van der Waals surface area contributed by atoms with Crippen LogP contribution in [0.5, 0.6) is 11.5 Å². The molecule has 1 aliphatic rings. The van der Waals surface area contributed by atoms with Crippen molar-refractivity contribution in [1.82, 2.24) is 9.97 Å². The number of primary amides is 1. The quantitative estimate of drug-likeness (QED) is 0.556. The topological polar surface area (TPSA) is 136 Å². The summed E-state index contributed by atoms with van der Waals surface area (Å²) in [7, 11) is 1.46. The number of nitrogens with two attached hydrogens (primary N) is 1. The molecule has 0 fully saturated rings. The molecular formula is C22H20N4O5. The summed E-state index contributed by atoms with van der Waals surface area (Å²) >= 11 is 0. The molecule has 2 heterocycles. The van der Waals surface area contributed by atoms with Crippen LogP contribution in [0, 0.1) is 0 Å². The molecule has 158 valence electrons. The number of nitrogens with one attached hydrogen (secondary N) is 2. The summed E-state index contributed by atoms with van der Waals surface area (Å²) in [6.07, 6.45) is 0.0765. The lowest BCUT2D eigenvalue weighted by molar-refractivity contribution is -0.120. The van der Waals surface area contributed by atoms with E-state index in [0.717, 1.165) is 5.56 Å². The van der Waals surface area contributed by atoms with E-state index in [1.165, 1.54) is 7.11 Å². The maximum Gasteiger partial charge on any atom is 0.257 e. The van der Waals surface area contributed by atoms with Crippen molar-refractivity contribution in [3.05, 3.63) is 70.0 Å². The number of fused-ring (bicyclic) bond motifs is 1. The summed E-state index contributed by atoms with van der Waals surface area (Å²) in [6.45, 7) is -0.295. The number of aromatic amines is 1. The first-order valence-corrected chi connectivity index (χ1v) is 9.54. The van der Waals surface area contributed by atoms with Gasteiger partial charge >= 0.3 is 0 Å². The van der Waals surface area contributed by atoms with Crippen molar-refractivity contribution in [1.29, 1.82) is 0 Å². The lowest BCUT2D eigenvalue weighted by atomic mass is 9.86. The maximum absolute atomic E-state index is 13.0. The Morgan fingerprint density at radius 1 is 1.16 bits per heavy atom. The molecule has 9 nitrogen and oxygen atoms in total. The predicted molar refractivity (Wildman–Crippen MR) is 113 cm³/mol. The zero-order chi connectivity index (χ0) is 22.0. The van der Waals surface area contributed by atoms with Gasteiger partial charge in [-0.15, -0.1) is 0 Å². The van der Waals surface area contributed by atoms with Crippen LogP contribution in [0.2, 0.25) is 0 Å². The van der Waals surface area contributed by atoms with Gasteiger partial charge in [-0.05, 0) is 17.7 Å². The second-order valence-electron chi connectivity index (χ2n) is 7.01. The molecule has 31 heavy (non-hydrogen) atoms. The molecule has 0 bridgehead atoms. The van der Waals surface area contributed by atoms with Gasteiger partial charge in [0.2, 0.25) is 5.91 Å². The normalized spacial score (nSPS) is 15.0. The average Bonchev–Trinajstić information content (AvgIpc) is 2.77. The lowest BCUT2D eigenvalue weighted by Crippen LogP contribution is -2.31. The summed E-state index contributed by atoms with van der Waals surface area (Å²) in [5, 5.41) is 2.71. The van der Waals surface area contributed by atoms with Gasteiger partial charge in [0.25, 0.3) is 11.5 Å². The fourth-order valence-corrected chi connectivity index (χ4v) is 3.56. The van der Waals surface area contributed by atoms with Crippen LogP contribution < -0.4 is 26.1 Å². The third-order valence-electron chi connectivity index (χ3n) is 4.96. The second-order valence-corrected chi connectivity index (χ2v) is 7.01. The number of hydrogen-bond donors (Lipinski definition) is 3. The van der Waals surface area contributed by atoms with Gasteiger partial charge in [0.1, 0.15) is 11.6 Å². The van der Waals surface area contributed by atoms with Crippen LogP contribution in [-0.2, 0) is 9.59 Å². The molecule has 0 saturated carbocycles. The van der Waals surface area contributed by atoms with Gasteiger partial charge in [-0.2, -0.15) is 0 Å². The number of methoxy groups -OCH3 is 1. The summed E-state index contributed by atoms with van der Waals surface area (Å²) in [5.74, 6) is -0.0918. The Kier molecular flexibility index (Phi) is 5.40. The number of H-pyrrole nitrogens is 1. The number of rotatable bonds is 6. The number of ether oxygens (including phenoxy) is 2. The van der Waals surface area contributed by atoms with E-state index in [0.29, 0.717) is 28.5 Å². The Labute approximate surface area is 177 Å². The predicted octanol–water partition coefficient (Wildman–Crippen LogP) is 1.78. The lowest BCUT2D eigenvalue weighted by Gasteiger charge is -2.25. The van der Waals surface area contributed by atoms with Crippen molar-refractivity contribution >= 4 is 17.6 Å². The molecule has 4 N–H and O–H groups in total. The number of benzene rings is 2.